The van der Waals surface area contributed by atoms with E-state index in [9.17, 15) is 4.79 Å². The summed E-state index contributed by atoms with van der Waals surface area (Å²) in [6, 6.07) is 9.35. The fraction of sp³-hybridized carbons (Fsp3) is 0.333. The molecule has 0 spiro atoms. The van der Waals surface area contributed by atoms with E-state index >= 15 is 0 Å². The summed E-state index contributed by atoms with van der Waals surface area (Å²) < 4.78 is 7.06. The summed E-state index contributed by atoms with van der Waals surface area (Å²) in [6.45, 7) is 1.13. The van der Waals surface area contributed by atoms with Gasteiger partial charge >= 0.3 is 0 Å². The Morgan fingerprint density at radius 3 is 2.46 bits per heavy atom. The van der Waals surface area contributed by atoms with Crippen molar-refractivity contribution in [2.75, 3.05) is 20.2 Å². The maximum Gasteiger partial charge on any atom is 0.255 e. The van der Waals surface area contributed by atoms with Crippen LogP contribution < -0.4 is 21.1 Å². The number of nitrogens with one attached hydrogen (secondary N) is 2. The van der Waals surface area contributed by atoms with Crippen molar-refractivity contribution in [2.24, 2.45) is 17.8 Å². The number of benzene rings is 1. The van der Waals surface area contributed by atoms with E-state index < -0.39 is 5.91 Å². The summed E-state index contributed by atoms with van der Waals surface area (Å²) in [5, 5.41) is 7.53. The number of amides is 1. The minimum absolute atomic E-state index is 0. The number of primary amides is 1. The first-order valence-corrected chi connectivity index (χ1v) is 9.10. The Morgan fingerprint density at radius 2 is 1.93 bits per heavy atom. The first kappa shape index (κ1) is 24.4. The molecular weight excluding hydrogens is 516 g/mol. The first-order chi connectivity index (χ1) is 12.9. The number of aromatic nitrogens is 1. The maximum absolute atomic E-state index is 10.7. The van der Waals surface area contributed by atoms with Crippen molar-refractivity contribution < 1.29 is 9.53 Å². The zero-order valence-corrected chi connectivity index (χ0v) is 19.5. The summed E-state index contributed by atoms with van der Waals surface area (Å²) in [7, 11) is 3.57. The number of hydrogen-bond acceptors (Lipinski definition) is 3. The summed E-state index contributed by atoms with van der Waals surface area (Å²) in [6.07, 6.45) is 0.804. The zero-order valence-electron chi connectivity index (χ0n) is 15.7. The fourth-order valence-electron chi connectivity index (χ4n) is 2.39. The van der Waals surface area contributed by atoms with Crippen LogP contribution in [0.4, 0.5) is 0 Å². The van der Waals surface area contributed by atoms with Gasteiger partial charge in [-0.05, 0) is 30.2 Å². The largest absolute Gasteiger partial charge is 0.484 e. The lowest BCUT2D eigenvalue weighted by molar-refractivity contribution is -0.119. The van der Waals surface area contributed by atoms with Crippen LogP contribution in [-0.4, -0.2) is 36.6 Å². The normalized spacial score (nSPS) is 10.9. The minimum atomic E-state index is -0.498. The van der Waals surface area contributed by atoms with Crippen molar-refractivity contribution >= 4 is 59.0 Å². The molecule has 0 fully saturated rings. The average molecular weight is 540 g/mol. The predicted molar refractivity (Wildman–Crippen MR) is 124 cm³/mol. The molecule has 2 rings (SSSR count). The Balaban J connectivity index is 0.00000392. The zero-order chi connectivity index (χ0) is 19.8. The number of carbonyl (C=O) groups is 1. The molecule has 0 aliphatic heterocycles. The molecule has 0 saturated heterocycles. The van der Waals surface area contributed by atoms with Gasteiger partial charge < -0.3 is 25.7 Å². The molecule has 2 aromatic rings. The summed E-state index contributed by atoms with van der Waals surface area (Å²) in [5.41, 5.74) is 7.14. The molecular formula is C18H24Cl2IN5O2. The standard InChI is InChI=1S/C18H23Cl2N5O2.HI/c1-22-18(24-10-13-9-15(19)17(20)25(13)2)23-8-7-12-3-5-14(6-4-12)27-11-16(21)26;/h3-6,9H,7-8,10-11H2,1-2H3,(H2,21,26)(H2,22,23,24);1H. The topological polar surface area (TPSA) is 93.7 Å². The molecule has 0 aliphatic carbocycles. The Kier molecular flexibility index (Phi) is 10.5. The summed E-state index contributed by atoms with van der Waals surface area (Å²) in [4.78, 5) is 14.9. The second kappa shape index (κ2) is 12.0. The lowest BCUT2D eigenvalue weighted by Gasteiger charge is -2.12. The number of aliphatic imine (C=N–C) groups is 1. The second-order valence-electron chi connectivity index (χ2n) is 5.83. The lowest BCUT2D eigenvalue weighted by Crippen LogP contribution is -2.38. The Bertz CT molecular complexity index is 809. The lowest BCUT2D eigenvalue weighted by atomic mass is 10.1. The van der Waals surface area contributed by atoms with Crippen LogP contribution in [0.2, 0.25) is 10.2 Å². The van der Waals surface area contributed by atoms with Gasteiger partial charge in [-0.15, -0.1) is 24.0 Å². The van der Waals surface area contributed by atoms with Gasteiger partial charge in [0, 0.05) is 26.3 Å². The number of guanidine groups is 1. The molecule has 4 N–H and O–H groups in total. The van der Waals surface area contributed by atoms with E-state index in [2.05, 4.69) is 15.6 Å². The van der Waals surface area contributed by atoms with Gasteiger partial charge in [-0.3, -0.25) is 9.79 Å². The number of halogens is 3. The molecule has 0 atom stereocenters. The van der Waals surface area contributed by atoms with E-state index in [0.717, 1.165) is 17.7 Å². The highest BCUT2D eigenvalue weighted by molar-refractivity contribution is 14.0. The number of ether oxygens (including phenoxy) is 1. The smallest absolute Gasteiger partial charge is 0.255 e. The highest BCUT2D eigenvalue weighted by atomic mass is 127. The van der Waals surface area contributed by atoms with Crippen molar-refractivity contribution in [3.63, 3.8) is 0 Å². The highest BCUT2D eigenvalue weighted by Gasteiger charge is 2.09. The van der Waals surface area contributed by atoms with Crippen molar-refractivity contribution in [2.45, 2.75) is 13.0 Å². The summed E-state index contributed by atoms with van der Waals surface area (Å²) in [5.74, 6) is 0.801. The third-order valence-corrected chi connectivity index (χ3v) is 4.73. The third kappa shape index (κ3) is 7.40. The quantitative estimate of drug-likeness (QED) is 0.273. The first-order valence-electron chi connectivity index (χ1n) is 8.35. The monoisotopic (exact) mass is 539 g/mol. The van der Waals surface area contributed by atoms with Crippen molar-refractivity contribution in [3.05, 3.63) is 51.8 Å². The van der Waals surface area contributed by atoms with Gasteiger partial charge in [-0.2, -0.15) is 0 Å². The second-order valence-corrected chi connectivity index (χ2v) is 6.60. The van der Waals surface area contributed by atoms with Crippen LogP contribution >= 0.6 is 47.2 Å². The molecule has 0 aliphatic rings. The molecule has 0 saturated carbocycles. The maximum atomic E-state index is 10.7. The van der Waals surface area contributed by atoms with Crippen LogP contribution in [0.3, 0.4) is 0 Å². The number of carbonyl (C=O) groups excluding carboxylic acids is 1. The van der Waals surface area contributed by atoms with E-state index in [-0.39, 0.29) is 30.6 Å². The van der Waals surface area contributed by atoms with Crippen molar-refractivity contribution in [1.29, 1.82) is 0 Å². The average Bonchev–Trinajstić information content (AvgIpc) is 2.90. The van der Waals surface area contributed by atoms with Crippen LogP contribution in [0.5, 0.6) is 5.75 Å². The van der Waals surface area contributed by atoms with Gasteiger partial charge in [0.1, 0.15) is 10.9 Å². The molecule has 1 amide bonds. The molecule has 1 aromatic carbocycles. The van der Waals surface area contributed by atoms with Crippen molar-refractivity contribution in [3.8, 4) is 5.75 Å². The van der Waals surface area contributed by atoms with E-state index in [1.807, 2.05) is 41.9 Å². The molecule has 0 unspecified atom stereocenters. The van der Waals surface area contributed by atoms with Gasteiger partial charge in [-0.1, -0.05) is 35.3 Å². The van der Waals surface area contributed by atoms with Crippen LogP contribution in [0, 0.1) is 0 Å². The number of nitrogens with zero attached hydrogens (tertiary/aromatic N) is 2. The van der Waals surface area contributed by atoms with Gasteiger partial charge in [0.25, 0.3) is 5.91 Å². The molecule has 1 aromatic heterocycles. The van der Waals surface area contributed by atoms with E-state index in [1.165, 1.54) is 0 Å². The van der Waals surface area contributed by atoms with Gasteiger partial charge in [-0.25, -0.2) is 0 Å². The summed E-state index contributed by atoms with van der Waals surface area (Å²) >= 11 is 12.1. The van der Waals surface area contributed by atoms with Crippen LogP contribution in [0.25, 0.3) is 0 Å². The Morgan fingerprint density at radius 1 is 1.25 bits per heavy atom. The van der Waals surface area contributed by atoms with Gasteiger partial charge in [0.05, 0.1) is 11.6 Å². The molecule has 10 heteroatoms. The fourth-order valence-corrected chi connectivity index (χ4v) is 2.80. The van der Waals surface area contributed by atoms with Crippen LogP contribution in [0.15, 0.2) is 35.3 Å². The predicted octanol–water partition coefficient (Wildman–Crippen LogP) is 2.72. The molecule has 28 heavy (non-hydrogen) atoms. The van der Waals surface area contributed by atoms with E-state index in [0.29, 0.717) is 35.0 Å². The minimum Gasteiger partial charge on any atom is -0.484 e. The van der Waals surface area contributed by atoms with Crippen LogP contribution in [-0.2, 0) is 24.8 Å². The third-order valence-electron chi connectivity index (χ3n) is 3.89. The number of hydrogen-bond donors (Lipinski definition) is 3. The molecule has 0 bridgehead atoms. The number of nitrogens with two attached hydrogens (primary N) is 1. The van der Waals surface area contributed by atoms with Crippen LogP contribution in [0.1, 0.15) is 11.3 Å². The SMILES string of the molecule is CN=C(NCCc1ccc(OCC(N)=O)cc1)NCc1cc(Cl)c(Cl)n1C.I. The van der Waals surface area contributed by atoms with E-state index in [1.54, 1.807) is 7.05 Å². The highest BCUT2D eigenvalue weighted by Crippen LogP contribution is 2.24. The Hall–Kier alpha value is -1.65. The molecule has 7 nitrogen and oxygen atoms in total. The van der Waals surface area contributed by atoms with E-state index in [4.69, 9.17) is 33.7 Å². The number of rotatable bonds is 8. The molecule has 0 radical (unpaired) electrons. The van der Waals surface area contributed by atoms with Gasteiger partial charge in [0.15, 0.2) is 12.6 Å². The molecule has 154 valence electrons. The molecule has 1 heterocycles. The van der Waals surface area contributed by atoms with Crippen molar-refractivity contribution in [1.82, 2.24) is 15.2 Å². The van der Waals surface area contributed by atoms with Gasteiger partial charge in [0.2, 0.25) is 0 Å². The Labute approximate surface area is 191 Å².